The number of thiazole rings is 2. The van der Waals surface area contributed by atoms with Crippen molar-refractivity contribution in [1.29, 1.82) is 0 Å². The zero-order valence-electron chi connectivity index (χ0n) is 23.8. The Morgan fingerprint density at radius 1 is 0.659 bits per heavy atom. The highest BCUT2D eigenvalue weighted by molar-refractivity contribution is 7.20. The number of methoxy groups -OCH3 is 2. The van der Waals surface area contributed by atoms with Crippen molar-refractivity contribution in [2.24, 2.45) is 0 Å². The molecule has 5 aromatic rings. The maximum absolute atomic E-state index is 12.4. The minimum Gasteiger partial charge on any atom is -0.496 e. The molecule has 0 bridgehead atoms. The molecule has 44 heavy (non-hydrogen) atoms. The van der Waals surface area contributed by atoms with E-state index in [1.807, 2.05) is 18.2 Å². The molecular weight excluding hydrogens is 606 g/mol. The molecule has 2 aromatic carbocycles. The van der Waals surface area contributed by atoms with E-state index in [0.29, 0.717) is 35.4 Å². The monoisotopic (exact) mass is 633 g/mol. The van der Waals surface area contributed by atoms with E-state index < -0.39 is 11.9 Å². The predicted molar refractivity (Wildman–Crippen MR) is 165 cm³/mol. The molecular formula is C31H27N3O8S2. The Labute approximate surface area is 259 Å². The average molecular weight is 634 g/mol. The first-order valence-electron chi connectivity index (χ1n) is 13.5. The third-order valence-electron chi connectivity index (χ3n) is 6.83. The van der Waals surface area contributed by atoms with Gasteiger partial charge in [0, 0.05) is 61.3 Å². The minimum absolute atomic E-state index is 0.107. The molecule has 0 spiro atoms. The van der Waals surface area contributed by atoms with Gasteiger partial charge in [-0.3, -0.25) is 24.2 Å². The summed E-state index contributed by atoms with van der Waals surface area (Å²) in [6.07, 6.45) is 3.87. The molecule has 0 aliphatic heterocycles. The Kier molecular flexibility index (Phi) is 9.26. The van der Waals surface area contributed by atoms with E-state index in [2.05, 4.69) is 15.0 Å². The first kappa shape index (κ1) is 30.7. The number of ether oxygens (including phenoxy) is 2. The normalized spacial score (nSPS) is 11.1. The highest BCUT2D eigenvalue weighted by Gasteiger charge is 2.18. The lowest BCUT2D eigenvalue weighted by molar-refractivity contribution is -0.137. The van der Waals surface area contributed by atoms with Gasteiger partial charge in [0.25, 0.3) is 0 Å². The topological polar surface area (TPSA) is 166 Å². The Hall–Kier alpha value is -4.75. The van der Waals surface area contributed by atoms with Gasteiger partial charge in [-0.15, -0.1) is 22.7 Å². The fourth-order valence-electron chi connectivity index (χ4n) is 4.72. The lowest BCUT2D eigenvalue weighted by Gasteiger charge is -2.11. The molecule has 0 fully saturated rings. The average Bonchev–Trinajstić information content (AvgIpc) is 3.61. The summed E-state index contributed by atoms with van der Waals surface area (Å²) in [5.74, 6) is -1.44. The van der Waals surface area contributed by atoms with Crippen LogP contribution in [0.5, 0.6) is 11.5 Å². The van der Waals surface area contributed by atoms with Crippen molar-refractivity contribution in [1.82, 2.24) is 15.0 Å². The second-order valence-electron chi connectivity index (χ2n) is 9.99. The van der Waals surface area contributed by atoms with Gasteiger partial charge in [-0.2, -0.15) is 0 Å². The molecule has 13 heteroatoms. The fraction of sp³-hybridized carbons (Fsp3) is 0.258. The molecule has 226 valence electrons. The van der Waals surface area contributed by atoms with Crippen molar-refractivity contribution in [3.63, 3.8) is 0 Å². The maximum Gasteiger partial charge on any atom is 0.303 e. The van der Waals surface area contributed by atoms with E-state index in [-0.39, 0.29) is 47.3 Å². The van der Waals surface area contributed by atoms with Crippen LogP contribution >= 0.6 is 22.7 Å². The molecule has 0 atom stereocenters. The summed E-state index contributed by atoms with van der Waals surface area (Å²) in [4.78, 5) is 59.8. The Morgan fingerprint density at radius 2 is 1.09 bits per heavy atom. The van der Waals surface area contributed by atoms with E-state index in [1.165, 1.54) is 22.7 Å². The van der Waals surface area contributed by atoms with E-state index in [4.69, 9.17) is 19.7 Å². The highest BCUT2D eigenvalue weighted by Crippen LogP contribution is 2.34. The van der Waals surface area contributed by atoms with Crippen LogP contribution in [0.1, 0.15) is 67.5 Å². The number of fused-ring (bicyclic) bond motifs is 2. The van der Waals surface area contributed by atoms with E-state index in [1.54, 1.807) is 38.7 Å². The number of Topliss-reactive ketones (excluding diaryl/α,β-unsaturated/α-hetero) is 2. The van der Waals surface area contributed by atoms with Crippen molar-refractivity contribution in [2.45, 2.75) is 38.5 Å². The number of aromatic nitrogens is 3. The Balaban J connectivity index is 1.37. The second kappa shape index (κ2) is 13.3. The number of carbonyl (C=O) groups excluding carboxylic acids is 2. The van der Waals surface area contributed by atoms with Crippen LogP contribution in [0, 0.1) is 0 Å². The number of carboxylic acid groups (broad SMARTS) is 2. The number of carbonyl (C=O) groups is 4. The molecule has 0 radical (unpaired) electrons. The molecule has 0 amide bonds. The van der Waals surface area contributed by atoms with Crippen LogP contribution in [-0.2, 0) is 22.4 Å². The number of hydrogen-bond donors (Lipinski definition) is 2. The van der Waals surface area contributed by atoms with Gasteiger partial charge in [-0.25, -0.2) is 9.97 Å². The van der Waals surface area contributed by atoms with Gasteiger partial charge in [0.1, 0.15) is 11.5 Å². The number of aliphatic carboxylic acids is 2. The third-order valence-corrected chi connectivity index (χ3v) is 8.95. The molecule has 0 unspecified atom stereocenters. The van der Waals surface area contributed by atoms with Crippen LogP contribution < -0.4 is 9.47 Å². The smallest absolute Gasteiger partial charge is 0.303 e. The molecule has 0 saturated heterocycles. The number of ketones is 2. The summed E-state index contributed by atoms with van der Waals surface area (Å²) >= 11 is 2.46. The lowest BCUT2D eigenvalue weighted by atomic mass is 10.0. The fourth-order valence-corrected chi connectivity index (χ4v) is 6.67. The molecule has 0 aliphatic rings. The van der Waals surface area contributed by atoms with Crippen LogP contribution in [0.3, 0.4) is 0 Å². The lowest BCUT2D eigenvalue weighted by Crippen LogP contribution is -2.03. The van der Waals surface area contributed by atoms with Crippen molar-refractivity contribution >= 4 is 66.6 Å². The summed E-state index contributed by atoms with van der Waals surface area (Å²) < 4.78 is 12.8. The molecule has 2 N–H and O–H groups in total. The van der Waals surface area contributed by atoms with Gasteiger partial charge >= 0.3 is 11.9 Å². The van der Waals surface area contributed by atoms with E-state index in [9.17, 15) is 19.2 Å². The summed E-state index contributed by atoms with van der Waals surface area (Å²) in [5.41, 5.74) is 4.86. The van der Waals surface area contributed by atoms with Gasteiger partial charge in [-0.1, -0.05) is 6.07 Å². The number of benzene rings is 2. The van der Waals surface area contributed by atoms with Crippen LogP contribution in [0.4, 0.5) is 0 Å². The minimum atomic E-state index is -1.03. The van der Waals surface area contributed by atoms with Crippen molar-refractivity contribution in [3.8, 4) is 11.5 Å². The molecule has 3 aromatic heterocycles. The zero-order valence-corrected chi connectivity index (χ0v) is 25.4. The third kappa shape index (κ3) is 7.06. The van der Waals surface area contributed by atoms with Gasteiger partial charge < -0.3 is 19.7 Å². The van der Waals surface area contributed by atoms with E-state index >= 15 is 0 Å². The number of carboxylic acids is 2. The van der Waals surface area contributed by atoms with Crippen LogP contribution in [0.2, 0.25) is 0 Å². The Bertz CT molecular complexity index is 1780. The van der Waals surface area contributed by atoms with Crippen molar-refractivity contribution in [3.05, 3.63) is 75.0 Å². The maximum atomic E-state index is 12.4. The zero-order chi connectivity index (χ0) is 31.4. The largest absolute Gasteiger partial charge is 0.496 e. The van der Waals surface area contributed by atoms with Crippen molar-refractivity contribution in [2.75, 3.05) is 14.2 Å². The summed E-state index contributed by atoms with van der Waals surface area (Å²) in [6, 6.07) is 9.47. The number of pyridine rings is 1. The molecule has 3 heterocycles. The molecule has 5 rings (SSSR count). The second-order valence-corrected chi connectivity index (χ2v) is 12.1. The highest BCUT2D eigenvalue weighted by atomic mass is 32.1. The van der Waals surface area contributed by atoms with Crippen LogP contribution in [-0.4, -0.2) is 62.9 Å². The van der Waals surface area contributed by atoms with Crippen LogP contribution in [0.25, 0.3) is 20.4 Å². The predicted octanol–water partition coefficient (Wildman–Crippen LogP) is 5.59. The summed E-state index contributed by atoms with van der Waals surface area (Å²) in [5, 5.41) is 18.3. The standard InChI is InChI=1S/C31H27N3O8S2/c1-41-24-12-20-26(43-30(33-20)22(35)3-5-28(37)38)10-18(24)8-16-7-17(15-32-14-16)9-19-11-27-21(13-25(19)42-2)34-31(44-27)23(36)4-6-29(39)40/h7,10-15H,3-6,8-9H2,1-2H3,(H,37,38)(H,39,40). The van der Waals surface area contributed by atoms with E-state index in [0.717, 1.165) is 31.7 Å². The summed E-state index contributed by atoms with van der Waals surface area (Å²) in [7, 11) is 3.13. The van der Waals surface area contributed by atoms with Gasteiger partial charge in [0.2, 0.25) is 0 Å². The summed E-state index contributed by atoms with van der Waals surface area (Å²) in [6.45, 7) is 0. The number of hydrogen-bond acceptors (Lipinski definition) is 11. The molecule has 11 nitrogen and oxygen atoms in total. The number of nitrogens with zero attached hydrogens (tertiary/aromatic N) is 3. The molecule has 0 aliphatic carbocycles. The Morgan fingerprint density at radius 3 is 1.48 bits per heavy atom. The van der Waals surface area contributed by atoms with Crippen molar-refractivity contribution < 1.29 is 38.9 Å². The van der Waals surface area contributed by atoms with Gasteiger partial charge in [0.05, 0.1) is 47.5 Å². The molecule has 0 saturated carbocycles. The quantitative estimate of drug-likeness (QED) is 0.146. The van der Waals surface area contributed by atoms with Gasteiger partial charge in [0.15, 0.2) is 21.6 Å². The van der Waals surface area contributed by atoms with Crippen LogP contribution in [0.15, 0.2) is 42.7 Å². The number of rotatable bonds is 14. The SMILES string of the molecule is COc1cc2nc(C(=O)CCC(=O)O)sc2cc1Cc1cncc(Cc2cc3sc(C(=O)CCC(=O)O)nc3cc2OC)c1. The first-order valence-corrected chi connectivity index (χ1v) is 15.1. The first-order chi connectivity index (χ1) is 21.1. The van der Waals surface area contributed by atoms with Gasteiger partial charge in [-0.05, 0) is 23.3 Å².